The molecule has 2 aromatic carbocycles. The lowest BCUT2D eigenvalue weighted by Crippen LogP contribution is -2.40. The van der Waals surface area contributed by atoms with Crippen LogP contribution in [-0.4, -0.2) is 24.1 Å². The van der Waals surface area contributed by atoms with Crippen LogP contribution in [0.5, 0.6) is 0 Å². The van der Waals surface area contributed by atoms with E-state index >= 15 is 0 Å². The van der Waals surface area contributed by atoms with Crippen molar-refractivity contribution in [2.45, 2.75) is 32.4 Å². The first-order valence-corrected chi connectivity index (χ1v) is 9.12. The monoisotopic (exact) mass is 418 g/mol. The molecule has 1 atom stereocenters. The molecule has 6 heteroatoms. The SMILES string of the molecule is CC(C)(C)OC(=O)N[C@@H](CNC(=O)c1cccc(Br)c1)c1ccccc1. The van der Waals surface area contributed by atoms with Gasteiger partial charge >= 0.3 is 6.09 Å². The number of amides is 2. The molecular weight excluding hydrogens is 396 g/mol. The van der Waals surface area contributed by atoms with E-state index in [9.17, 15) is 9.59 Å². The van der Waals surface area contributed by atoms with E-state index in [0.717, 1.165) is 10.0 Å². The Bertz CT molecular complexity index is 757. The van der Waals surface area contributed by atoms with Gasteiger partial charge in [0.25, 0.3) is 5.91 Å². The van der Waals surface area contributed by atoms with Crippen LogP contribution >= 0.6 is 15.9 Å². The molecule has 0 aromatic heterocycles. The first kappa shape index (κ1) is 20.0. The molecule has 0 aliphatic heterocycles. The maximum atomic E-state index is 12.4. The van der Waals surface area contributed by atoms with Gasteiger partial charge in [0.05, 0.1) is 6.04 Å². The molecule has 0 aliphatic rings. The predicted molar refractivity (Wildman–Crippen MR) is 105 cm³/mol. The standard InChI is InChI=1S/C20H23BrN2O3/c1-20(2,3)26-19(25)23-17(14-8-5-4-6-9-14)13-22-18(24)15-10-7-11-16(21)12-15/h4-12,17H,13H2,1-3H3,(H,22,24)(H,23,25)/t17-/m0/s1. The molecule has 2 aromatic rings. The predicted octanol–water partition coefficient (Wildman–Crippen LogP) is 4.44. The second kappa shape index (κ2) is 8.85. The lowest BCUT2D eigenvalue weighted by atomic mass is 10.1. The van der Waals surface area contributed by atoms with Crippen LogP contribution in [0, 0.1) is 0 Å². The summed E-state index contributed by atoms with van der Waals surface area (Å²) in [5.41, 5.74) is 0.835. The van der Waals surface area contributed by atoms with Gasteiger partial charge in [0.2, 0.25) is 0 Å². The molecule has 0 saturated carbocycles. The highest BCUT2D eigenvalue weighted by Gasteiger charge is 2.21. The van der Waals surface area contributed by atoms with E-state index in [1.54, 1.807) is 39.0 Å². The molecule has 0 heterocycles. The number of benzene rings is 2. The number of nitrogens with one attached hydrogen (secondary N) is 2. The minimum Gasteiger partial charge on any atom is -0.444 e. The van der Waals surface area contributed by atoms with Gasteiger partial charge < -0.3 is 15.4 Å². The molecule has 2 rings (SSSR count). The first-order chi connectivity index (χ1) is 12.2. The van der Waals surface area contributed by atoms with Crippen LogP contribution in [0.1, 0.15) is 42.7 Å². The molecule has 0 saturated heterocycles. The van der Waals surface area contributed by atoms with Gasteiger partial charge in [0, 0.05) is 16.6 Å². The molecule has 2 amide bonds. The van der Waals surface area contributed by atoms with Crippen molar-refractivity contribution < 1.29 is 14.3 Å². The summed E-state index contributed by atoms with van der Waals surface area (Å²) in [6.45, 7) is 5.66. The minimum absolute atomic E-state index is 0.210. The normalized spacial score (nSPS) is 12.2. The number of hydrogen-bond donors (Lipinski definition) is 2. The number of hydrogen-bond acceptors (Lipinski definition) is 3. The molecule has 0 unspecified atom stereocenters. The van der Waals surface area contributed by atoms with E-state index in [2.05, 4.69) is 26.6 Å². The van der Waals surface area contributed by atoms with Gasteiger partial charge in [-0.05, 0) is 44.5 Å². The summed E-state index contributed by atoms with van der Waals surface area (Å²) >= 11 is 3.35. The summed E-state index contributed by atoms with van der Waals surface area (Å²) in [5, 5.41) is 5.69. The smallest absolute Gasteiger partial charge is 0.408 e. The number of carbonyl (C=O) groups excluding carboxylic acids is 2. The number of ether oxygens (including phenoxy) is 1. The van der Waals surface area contributed by atoms with Gasteiger partial charge in [0.1, 0.15) is 5.60 Å². The summed E-state index contributed by atoms with van der Waals surface area (Å²) in [5.74, 6) is -0.210. The van der Waals surface area contributed by atoms with E-state index in [-0.39, 0.29) is 12.5 Å². The van der Waals surface area contributed by atoms with Gasteiger partial charge in [-0.25, -0.2) is 4.79 Å². The number of rotatable bonds is 5. The molecule has 5 nitrogen and oxygen atoms in total. The average molecular weight is 419 g/mol. The van der Waals surface area contributed by atoms with Crippen molar-refractivity contribution >= 4 is 27.9 Å². The van der Waals surface area contributed by atoms with E-state index in [1.165, 1.54) is 0 Å². The molecule has 0 bridgehead atoms. The Morgan fingerprint density at radius 2 is 1.77 bits per heavy atom. The van der Waals surface area contributed by atoms with Crippen LogP contribution in [0.15, 0.2) is 59.1 Å². The maximum absolute atomic E-state index is 12.4. The fraction of sp³-hybridized carbons (Fsp3) is 0.300. The summed E-state index contributed by atoms with van der Waals surface area (Å²) < 4.78 is 6.16. The van der Waals surface area contributed by atoms with Crippen LogP contribution in [0.25, 0.3) is 0 Å². The van der Waals surface area contributed by atoms with Crippen molar-refractivity contribution in [3.05, 3.63) is 70.2 Å². The molecule has 138 valence electrons. The zero-order valence-electron chi connectivity index (χ0n) is 15.1. The Labute approximate surface area is 162 Å². The van der Waals surface area contributed by atoms with Crippen molar-refractivity contribution in [2.75, 3.05) is 6.54 Å². The van der Waals surface area contributed by atoms with Crippen molar-refractivity contribution in [2.24, 2.45) is 0 Å². The van der Waals surface area contributed by atoms with Crippen LogP contribution in [0.4, 0.5) is 4.79 Å². The van der Waals surface area contributed by atoms with Crippen molar-refractivity contribution in [1.29, 1.82) is 0 Å². The number of carbonyl (C=O) groups is 2. The largest absolute Gasteiger partial charge is 0.444 e. The number of halogens is 1. The van der Waals surface area contributed by atoms with Crippen molar-refractivity contribution in [1.82, 2.24) is 10.6 Å². The van der Waals surface area contributed by atoms with E-state index < -0.39 is 17.7 Å². The van der Waals surface area contributed by atoms with Gasteiger partial charge in [-0.15, -0.1) is 0 Å². The first-order valence-electron chi connectivity index (χ1n) is 8.33. The second-order valence-electron chi connectivity index (χ2n) is 6.83. The Morgan fingerprint density at radius 1 is 1.08 bits per heavy atom. The van der Waals surface area contributed by atoms with Gasteiger partial charge in [0.15, 0.2) is 0 Å². The van der Waals surface area contributed by atoms with Crippen molar-refractivity contribution in [3.63, 3.8) is 0 Å². The molecule has 0 radical (unpaired) electrons. The summed E-state index contributed by atoms with van der Waals surface area (Å²) in [7, 11) is 0. The number of alkyl carbamates (subject to hydrolysis) is 1. The topological polar surface area (TPSA) is 67.4 Å². The molecular formula is C20H23BrN2O3. The Morgan fingerprint density at radius 3 is 2.38 bits per heavy atom. The maximum Gasteiger partial charge on any atom is 0.408 e. The molecule has 2 N–H and O–H groups in total. The van der Waals surface area contributed by atoms with Crippen molar-refractivity contribution in [3.8, 4) is 0 Å². The molecule has 0 fully saturated rings. The van der Waals surface area contributed by atoms with E-state index in [4.69, 9.17) is 4.74 Å². The summed E-state index contributed by atoms with van der Waals surface area (Å²) in [4.78, 5) is 24.5. The third-order valence-electron chi connectivity index (χ3n) is 3.45. The second-order valence-corrected chi connectivity index (χ2v) is 7.75. The van der Waals surface area contributed by atoms with Gasteiger partial charge in [-0.3, -0.25) is 4.79 Å². The molecule has 26 heavy (non-hydrogen) atoms. The van der Waals surface area contributed by atoms with E-state index in [1.807, 2.05) is 36.4 Å². The van der Waals surface area contributed by atoms with Crippen LogP contribution in [0.2, 0.25) is 0 Å². The quantitative estimate of drug-likeness (QED) is 0.753. The Kier molecular flexibility index (Phi) is 6.80. The zero-order valence-corrected chi connectivity index (χ0v) is 16.7. The third-order valence-corrected chi connectivity index (χ3v) is 3.94. The Balaban J connectivity index is 2.07. The third kappa shape index (κ3) is 6.52. The lowest BCUT2D eigenvalue weighted by Gasteiger charge is -2.24. The zero-order chi connectivity index (χ0) is 19.2. The molecule has 0 spiro atoms. The minimum atomic E-state index is -0.592. The van der Waals surface area contributed by atoms with Gasteiger partial charge in [-0.1, -0.05) is 52.3 Å². The highest BCUT2D eigenvalue weighted by atomic mass is 79.9. The van der Waals surface area contributed by atoms with Crippen LogP contribution < -0.4 is 10.6 Å². The highest BCUT2D eigenvalue weighted by molar-refractivity contribution is 9.10. The summed E-state index contributed by atoms with van der Waals surface area (Å²) in [6.07, 6.45) is -0.525. The lowest BCUT2D eigenvalue weighted by molar-refractivity contribution is 0.0501. The molecule has 0 aliphatic carbocycles. The summed E-state index contributed by atoms with van der Waals surface area (Å²) in [6, 6.07) is 16.2. The fourth-order valence-corrected chi connectivity index (χ4v) is 2.71. The van der Waals surface area contributed by atoms with Gasteiger partial charge in [-0.2, -0.15) is 0 Å². The van der Waals surface area contributed by atoms with Crippen LogP contribution in [0.3, 0.4) is 0 Å². The van der Waals surface area contributed by atoms with E-state index in [0.29, 0.717) is 5.56 Å². The average Bonchev–Trinajstić information content (AvgIpc) is 2.57. The Hall–Kier alpha value is -2.34. The fourth-order valence-electron chi connectivity index (χ4n) is 2.31. The highest BCUT2D eigenvalue weighted by Crippen LogP contribution is 2.15. The van der Waals surface area contributed by atoms with Crippen LogP contribution in [-0.2, 0) is 4.74 Å².